The minimum Gasteiger partial charge on any atom is -0.496 e. The quantitative estimate of drug-likeness (QED) is 0.822. The average Bonchev–Trinajstić information content (AvgIpc) is 2.36. The Bertz CT molecular complexity index is 388. The first-order chi connectivity index (χ1) is 8.93. The van der Waals surface area contributed by atoms with Crippen molar-refractivity contribution in [3.05, 3.63) is 29.3 Å². The molecular formula is C16H28N2O. The van der Waals surface area contributed by atoms with E-state index < -0.39 is 0 Å². The summed E-state index contributed by atoms with van der Waals surface area (Å²) in [5.41, 5.74) is 8.32. The van der Waals surface area contributed by atoms with E-state index in [4.69, 9.17) is 10.5 Å². The molecule has 0 aromatic heterocycles. The van der Waals surface area contributed by atoms with Crippen LogP contribution in [0.25, 0.3) is 0 Å². The fraction of sp³-hybridized carbons (Fsp3) is 0.625. The lowest BCUT2D eigenvalue weighted by atomic mass is 10.0. The number of nitrogens with two attached hydrogens (primary N) is 1. The van der Waals surface area contributed by atoms with Gasteiger partial charge in [0.2, 0.25) is 0 Å². The van der Waals surface area contributed by atoms with Crippen LogP contribution >= 0.6 is 0 Å². The van der Waals surface area contributed by atoms with Crippen molar-refractivity contribution in [2.75, 3.05) is 20.7 Å². The predicted molar refractivity (Wildman–Crippen MR) is 81.4 cm³/mol. The predicted octanol–water partition coefficient (Wildman–Crippen LogP) is 3.19. The first kappa shape index (κ1) is 16.0. The summed E-state index contributed by atoms with van der Waals surface area (Å²) in [5.74, 6) is 1.68. The number of methoxy groups -OCH3 is 1. The number of benzene rings is 1. The molecule has 1 atom stereocenters. The van der Waals surface area contributed by atoms with Crippen molar-refractivity contribution in [1.29, 1.82) is 0 Å². The largest absolute Gasteiger partial charge is 0.496 e. The zero-order valence-corrected chi connectivity index (χ0v) is 12.9. The van der Waals surface area contributed by atoms with Crippen LogP contribution in [0.3, 0.4) is 0 Å². The van der Waals surface area contributed by atoms with Crippen LogP contribution in [0.2, 0.25) is 0 Å². The molecule has 2 N–H and O–H groups in total. The van der Waals surface area contributed by atoms with Gasteiger partial charge < -0.3 is 15.4 Å². The van der Waals surface area contributed by atoms with Crippen molar-refractivity contribution < 1.29 is 4.74 Å². The summed E-state index contributed by atoms with van der Waals surface area (Å²) < 4.78 is 5.44. The van der Waals surface area contributed by atoms with Crippen LogP contribution in [-0.4, -0.2) is 25.6 Å². The Hall–Kier alpha value is -1.06. The fourth-order valence-corrected chi connectivity index (χ4v) is 2.05. The van der Waals surface area contributed by atoms with Gasteiger partial charge in [-0.3, -0.25) is 0 Å². The molecule has 0 saturated heterocycles. The second-order valence-corrected chi connectivity index (χ2v) is 5.78. The van der Waals surface area contributed by atoms with Crippen LogP contribution in [0.1, 0.15) is 44.4 Å². The summed E-state index contributed by atoms with van der Waals surface area (Å²) >= 11 is 0. The molecule has 0 spiro atoms. The molecule has 0 aliphatic rings. The average molecular weight is 264 g/mol. The summed E-state index contributed by atoms with van der Waals surface area (Å²) in [4.78, 5) is 2.34. The highest BCUT2D eigenvalue weighted by Crippen LogP contribution is 2.23. The maximum Gasteiger partial charge on any atom is 0.123 e. The highest BCUT2D eigenvalue weighted by atomic mass is 16.5. The lowest BCUT2D eigenvalue weighted by molar-refractivity contribution is 0.297. The zero-order chi connectivity index (χ0) is 14.4. The third kappa shape index (κ3) is 5.21. The standard InChI is InChI=1S/C16H28N2O/c1-12(2)8-9-18(4)11-15-10-14(13(3)17)6-7-16(15)19-5/h6-7,10,12-13H,8-9,11,17H2,1-5H3. The minimum atomic E-state index is 0.0608. The van der Waals surface area contributed by atoms with E-state index in [9.17, 15) is 0 Å². The summed E-state index contributed by atoms with van der Waals surface area (Å²) in [6.45, 7) is 8.52. The SMILES string of the molecule is COc1ccc(C(C)N)cc1CN(C)CCC(C)C. The van der Waals surface area contributed by atoms with Crippen molar-refractivity contribution in [1.82, 2.24) is 4.90 Å². The van der Waals surface area contributed by atoms with Crippen molar-refractivity contribution in [3.63, 3.8) is 0 Å². The van der Waals surface area contributed by atoms with Crippen molar-refractivity contribution >= 4 is 0 Å². The lowest BCUT2D eigenvalue weighted by Crippen LogP contribution is -2.21. The van der Waals surface area contributed by atoms with Crippen molar-refractivity contribution in [2.24, 2.45) is 11.7 Å². The van der Waals surface area contributed by atoms with Gasteiger partial charge in [0, 0.05) is 18.2 Å². The summed E-state index contributed by atoms with van der Waals surface area (Å²) in [6.07, 6.45) is 1.21. The molecular weight excluding hydrogens is 236 g/mol. The molecule has 0 amide bonds. The second kappa shape index (κ2) is 7.51. The van der Waals surface area contributed by atoms with E-state index in [0.29, 0.717) is 0 Å². The smallest absolute Gasteiger partial charge is 0.123 e. The maximum absolute atomic E-state index is 5.95. The molecule has 0 aliphatic carbocycles. The number of rotatable bonds is 7. The molecule has 3 heteroatoms. The normalized spacial score (nSPS) is 13.1. The van der Waals surface area contributed by atoms with Crippen LogP contribution in [0.5, 0.6) is 5.75 Å². The van der Waals surface area contributed by atoms with E-state index in [2.05, 4.69) is 31.9 Å². The van der Waals surface area contributed by atoms with Crippen LogP contribution in [0, 0.1) is 5.92 Å². The van der Waals surface area contributed by atoms with E-state index in [0.717, 1.165) is 30.3 Å². The number of nitrogens with zero attached hydrogens (tertiary/aromatic N) is 1. The molecule has 19 heavy (non-hydrogen) atoms. The lowest BCUT2D eigenvalue weighted by Gasteiger charge is -2.20. The molecule has 0 saturated carbocycles. The van der Waals surface area contributed by atoms with E-state index in [1.165, 1.54) is 12.0 Å². The van der Waals surface area contributed by atoms with Crippen LogP contribution in [-0.2, 0) is 6.54 Å². The van der Waals surface area contributed by atoms with E-state index in [1.807, 2.05) is 19.1 Å². The van der Waals surface area contributed by atoms with Crippen LogP contribution < -0.4 is 10.5 Å². The van der Waals surface area contributed by atoms with Gasteiger partial charge in [0.25, 0.3) is 0 Å². The Morgan fingerprint density at radius 2 is 1.95 bits per heavy atom. The molecule has 0 fully saturated rings. The summed E-state index contributed by atoms with van der Waals surface area (Å²) in [6, 6.07) is 6.28. The maximum atomic E-state index is 5.95. The van der Waals surface area contributed by atoms with Crippen LogP contribution in [0.4, 0.5) is 0 Å². The second-order valence-electron chi connectivity index (χ2n) is 5.78. The fourth-order valence-electron chi connectivity index (χ4n) is 2.05. The minimum absolute atomic E-state index is 0.0608. The van der Waals surface area contributed by atoms with Gasteiger partial charge in [-0.1, -0.05) is 19.9 Å². The zero-order valence-electron chi connectivity index (χ0n) is 12.9. The monoisotopic (exact) mass is 264 g/mol. The third-order valence-corrected chi connectivity index (χ3v) is 3.36. The van der Waals surface area contributed by atoms with Gasteiger partial charge >= 0.3 is 0 Å². The number of hydrogen-bond donors (Lipinski definition) is 1. The van der Waals surface area contributed by atoms with Gasteiger partial charge in [-0.15, -0.1) is 0 Å². The van der Waals surface area contributed by atoms with Gasteiger partial charge in [-0.05, 0) is 50.6 Å². The molecule has 1 rings (SSSR count). The van der Waals surface area contributed by atoms with E-state index in [1.54, 1.807) is 7.11 Å². The summed E-state index contributed by atoms with van der Waals surface area (Å²) in [7, 11) is 3.87. The Morgan fingerprint density at radius 1 is 1.26 bits per heavy atom. The molecule has 108 valence electrons. The number of ether oxygens (including phenoxy) is 1. The topological polar surface area (TPSA) is 38.5 Å². The Balaban J connectivity index is 2.76. The van der Waals surface area contributed by atoms with E-state index >= 15 is 0 Å². The molecule has 0 bridgehead atoms. The van der Waals surface area contributed by atoms with Gasteiger partial charge in [0.05, 0.1) is 7.11 Å². The Morgan fingerprint density at radius 3 is 2.47 bits per heavy atom. The Kier molecular flexibility index (Phi) is 6.32. The Labute approximate surface area is 117 Å². The first-order valence-corrected chi connectivity index (χ1v) is 7.05. The van der Waals surface area contributed by atoms with Gasteiger partial charge in [0.15, 0.2) is 0 Å². The van der Waals surface area contributed by atoms with Crippen LogP contribution in [0.15, 0.2) is 18.2 Å². The van der Waals surface area contributed by atoms with Gasteiger partial charge in [-0.25, -0.2) is 0 Å². The van der Waals surface area contributed by atoms with Gasteiger partial charge in [0.1, 0.15) is 5.75 Å². The van der Waals surface area contributed by atoms with Crippen molar-refractivity contribution in [2.45, 2.75) is 39.8 Å². The molecule has 1 aromatic rings. The first-order valence-electron chi connectivity index (χ1n) is 7.05. The molecule has 1 aromatic carbocycles. The summed E-state index contributed by atoms with van der Waals surface area (Å²) in [5, 5.41) is 0. The molecule has 3 nitrogen and oxygen atoms in total. The molecule has 0 heterocycles. The molecule has 1 unspecified atom stereocenters. The highest BCUT2D eigenvalue weighted by Gasteiger charge is 2.09. The number of hydrogen-bond acceptors (Lipinski definition) is 3. The highest BCUT2D eigenvalue weighted by molar-refractivity contribution is 5.38. The molecule has 0 radical (unpaired) electrons. The molecule has 0 aliphatic heterocycles. The van der Waals surface area contributed by atoms with Crippen molar-refractivity contribution in [3.8, 4) is 5.75 Å². The third-order valence-electron chi connectivity index (χ3n) is 3.36. The van der Waals surface area contributed by atoms with Gasteiger partial charge in [-0.2, -0.15) is 0 Å². The van der Waals surface area contributed by atoms with E-state index in [-0.39, 0.29) is 6.04 Å².